The zero-order valence-corrected chi connectivity index (χ0v) is 15.5. The van der Waals surface area contributed by atoms with Gasteiger partial charge in [-0.25, -0.2) is 4.39 Å². The molecule has 0 radical (unpaired) electrons. The van der Waals surface area contributed by atoms with Gasteiger partial charge in [-0.2, -0.15) is 0 Å². The van der Waals surface area contributed by atoms with Crippen LogP contribution in [-0.2, 0) is 4.74 Å². The fraction of sp³-hybridized carbons (Fsp3) is 0.286. The Kier molecular flexibility index (Phi) is 5.02. The normalized spacial score (nSPS) is 16.3. The predicted molar refractivity (Wildman–Crippen MR) is 106 cm³/mol. The maximum Gasteiger partial charge on any atom is 0.255 e. The van der Waals surface area contributed by atoms with Crippen molar-refractivity contribution in [3.8, 4) is 11.3 Å². The number of amides is 1. The lowest BCUT2D eigenvalue weighted by Gasteiger charge is -2.12. The van der Waals surface area contributed by atoms with Crippen LogP contribution in [-0.4, -0.2) is 32.1 Å². The van der Waals surface area contributed by atoms with Gasteiger partial charge in [0.2, 0.25) is 0 Å². The summed E-state index contributed by atoms with van der Waals surface area (Å²) in [5.74, 6) is -0.229. The lowest BCUT2D eigenvalue weighted by molar-refractivity contribution is 0.0777. The van der Waals surface area contributed by atoms with Gasteiger partial charge >= 0.3 is 0 Å². The Balaban J connectivity index is 1.92. The number of hydrogen-bond donors (Lipinski definition) is 3. The number of rotatable bonds is 4. The molecule has 1 aliphatic heterocycles. The van der Waals surface area contributed by atoms with Crippen LogP contribution in [0.1, 0.15) is 28.9 Å². The Labute approximate surface area is 161 Å². The van der Waals surface area contributed by atoms with E-state index < -0.39 is 0 Å². The summed E-state index contributed by atoms with van der Waals surface area (Å²) in [6.45, 7) is 3.95. The second kappa shape index (κ2) is 7.61. The number of carbonyl (C=O) groups excluding carboxylic acids is 1. The molecule has 1 unspecified atom stereocenters. The Bertz CT molecular complexity index is 1010. The Morgan fingerprint density at radius 2 is 2.11 bits per heavy atom. The summed E-state index contributed by atoms with van der Waals surface area (Å²) >= 11 is 0. The minimum Gasteiger partial charge on any atom is -0.455 e. The fourth-order valence-electron chi connectivity index (χ4n) is 3.46. The SMILES string of the molecule is CC1OCCNc2cc3oc(-c4ccc(F)cc4)c(C(=O)NCCN)c3cc21. The molecule has 2 heterocycles. The van der Waals surface area contributed by atoms with Crippen LogP contribution in [0, 0.1) is 5.82 Å². The number of benzene rings is 2. The molecular weight excluding hydrogens is 361 g/mol. The number of carbonyl (C=O) groups is 1. The molecule has 4 N–H and O–H groups in total. The van der Waals surface area contributed by atoms with Gasteiger partial charge in [0.1, 0.15) is 17.2 Å². The molecule has 2 aromatic carbocycles. The first-order valence-electron chi connectivity index (χ1n) is 9.28. The van der Waals surface area contributed by atoms with Gasteiger partial charge in [-0.15, -0.1) is 0 Å². The van der Waals surface area contributed by atoms with Crippen molar-refractivity contribution in [1.29, 1.82) is 0 Å². The predicted octanol–water partition coefficient (Wildman–Crippen LogP) is 3.43. The highest BCUT2D eigenvalue weighted by atomic mass is 19.1. The lowest BCUT2D eigenvalue weighted by atomic mass is 10.0. The molecule has 1 amide bonds. The van der Waals surface area contributed by atoms with Crippen molar-refractivity contribution >= 4 is 22.6 Å². The van der Waals surface area contributed by atoms with E-state index in [9.17, 15) is 9.18 Å². The molecule has 146 valence electrons. The average Bonchev–Trinajstić information content (AvgIpc) is 2.97. The molecule has 0 aliphatic carbocycles. The van der Waals surface area contributed by atoms with Crippen molar-refractivity contribution in [2.75, 3.05) is 31.6 Å². The van der Waals surface area contributed by atoms with Crippen LogP contribution in [0.4, 0.5) is 10.1 Å². The molecule has 1 atom stereocenters. The Morgan fingerprint density at radius 3 is 2.86 bits per heavy atom. The van der Waals surface area contributed by atoms with Gasteiger partial charge in [-0.05, 0) is 37.3 Å². The van der Waals surface area contributed by atoms with Crippen molar-refractivity contribution in [2.45, 2.75) is 13.0 Å². The number of hydrogen-bond acceptors (Lipinski definition) is 5. The van der Waals surface area contributed by atoms with E-state index >= 15 is 0 Å². The van der Waals surface area contributed by atoms with Gasteiger partial charge in [-0.3, -0.25) is 4.79 Å². The third-order valence-corrected chi connectivity index (χ3v) is 4.85. The van der Waals surface area contributed by atoms with Crippen molar-refractivity contribution in [3.63, 3.8) is 0 Å². The molecule has 6 nitrogen and oxygen atoms in total. The van der Waals surface area contributed by atoms with Crippen LogP contribution >= 0.6 is 0 Å². The van der Waals surface area contributed by atoms with E-state index in [-0.39, 0.29) is 17.8 Å². The number of furan rings is 1. The minimum atomic E-state index is -0.351. The highest BCUT2D eigenvalue weighted by molar-refractivity contribution is 6.11. The molecule has 0 fully saturated rings. The molecule has 4 rings (SSSR count). The Morgan fingerprint density at radius 1 is 1.32 bits per heavy atom. The van der Waals surface area contributed by atoms with Crippen LogP contribution in [0.15, 0.2) is 40.8 Å². The van der Waals surface area contributed by atoms with Crippen molar-refractivity contribution in [2.24, 2.45) is 5.73 Å². The molecular formula is C21H22FN3O3. The van der Waals surface area contributed by atoms with Crippen LogP contribution in [0.2, 0.25) is 0 Å². The zero-order chi connectivity index (χ0) is 19.7. The van der Waals surface area contributed by atoms with Crippen molar-refractivity contribution in [3.05, 3.63) is 53.3 Å². The quantitative estimate of drug-likeness (QED) is 0.642. The molecule has 1 aliphatic rings. The standard InChI is InChI=1S/C21H22FN3O3/c1-12-15-10-16-18(11-17(15)24-8-9-27-12)28-20(13-2-4-14(22)5-3-13)19(16)21(26)25-7-6-23/h2-5,10-12,24H,6-9,23H2,1H3,(H,25,26). The number of fused-ring (bicyclic) bond motifs is 2. The summed E-state index contributed by atoms with van der Waals surface area (Å²) < 4.78 is 25.2. The highest BCUT2D eigenvalue weighted by Crippen LogP contribution is 2.39. The molecule has 1 aromatic heterocycles. The first kappa shape index (κ1) is 18.5. The molecule has 7 heteroatoms. The zero-order valence-electron chi connectivity index (χ0n) is 15.5. The first-order valence-corrected chi connectivity index (χ1v) is 9.28. The molecule has 0 spiro atoms. The van der Waals surface area contributed by atoms with E-state index in [1.54, 1.807) is 12.1 Å². The van der Waals surface area contributed by atoms with Crippen LogP contribution in [0.25, 0.3) is 22.3 Å². The molecule has 28 heavy (non-hydrogen) atoms. The number of nitrogens with two attached hydrogens (primary N) is 1. The molecule has 0 saturated carbocycles. The van der Waals surface area contributed by atoms with Crippen LogP contribution in [0.5, 0.6) is 0 Å². The van der Waals surface area contributed by atoms with E-state index in [4.69, 9.17) is 14.9 Å². The number of ether oxygens (including phenoxy) is 1. The third kappa shape index (κ3) is 3.34. The lowest BCUT2D eigenvalue weighted by Crippen LogP contribution is -2.29. The van der Waals surface area contributed by atoms with Gasteiger partial charge in [0, 0.05) is 47.9 Å². The monoisotopic (exact) mass is 383 g/mol. The van der Waals surface area contributed by atoms with E-state index in [2.05, 4.69) is 10.6 Å². The number of nitrogens with one attached hydrogen (secondary N) is 2. The summed E-state index contributed by atoms with van der Waals surface area (Å²) in [6.07, 6.45) is -0.112. The highest BCUT2D eigenvalue weighted by Gasteiger charge is 2.25. The molecule has 3 aromatic rings. The molecule has 0 bridgehead atoms. The summed E-state index contributed by atoms with van der Waals surface area (Å²) in [7, 11) is 0. The maximum atomic E-state index is 13.4. The number of anilines is 1. The smallest absolute Gasteiger partial charge is 0.255 e. The summed E-state index contributed by atoms with van der Waals surface area (Å²) in [5.41, 5.74) is 9.04. The van der Waals surface area contributed by atoms with Gasteiger partial charge in [-0.1, -0.05) is 0 Å². The second-order valence-corrected chi connectivity index (χ2v) is 6.73. The summed E-state index contributed by atoms with van der Waals surface area (Å²) in [4.78, 5) is 12.9. The minimum absolute atomic E-state index is 0.112. The third-order valence-electron chi connectivity index (χ3n) is 4.85. The fourth-order valence-corrected chi connectivity index (χ4v) is 3.46. The van der Waals surface area contributed by atoms with E-state index in [1.807, 2.05) is 19.1 Å². The van der Waals surface area contributed by atoms with Gasteiger partial charge in [0.05, 0.1) is 18.3 Å². The topological polar surface area (TPSA) is 89.5 Å². The summed E-state index contributed by atoms with van der Waals surface area (Å²) in [5, 5.41) is 6.83. The largest absolute Gasteiger partial charge is 0.455 e. The van der Waals surface area contributed by atoms with E-state index in [0.29, 0.717) is 54.1 Å². The van der Waals surface area contributed by atoms with E-state index in [0.717, 1.165) is 11.3 Å². The van der Waals surface area contributed by atoms with E-state index in [1.165, 1.54) is 12.1 Å². The molecule has 0 saturated heterocycles. The first-order chi connectivity index (χ1) is 13.6. The van der Waals surface area contributed by atoms with Gasteiger partial charge < -0.3 is 25.5 Å². The average molecular weight is 383 g/mol. The number of halogens is 1. The van der Waals surface area contributed by atoms with Crippen LogP contribution < -0.4 is 16.4 Å². The maximum absolute atomic E-state index is 13.4. The Hall–Kier alpha value is -2.90. The van der Waals surface area contributed by atoms with Gasteiger partial charge in [0.15, 0.2) is 0 Å². The summed E-state index contributed by atoms with van der Waals surface area (Å²) in [6, 6.07) is 9.71. The van der Waals surface area contributed by atoms with Crippen LogP contribution in [0.3, 0.4) is 0 Å². The van der Waals surface area contributed by atoms with Crippen molar-refractivity contribution in [1.82, 2.24) is 5.32 Å². The second-order valence-electron chi connectivity index (χ2n) is 6.73. The van der Waals surface area contributed by atoms with Crippen molar-refractivity contribution < 1.29 is 18.3 Å². The van der Waals surface area contributed by atoms with Gasteiger partial charge in [0.25, 0.3) is 5.91 Å².